The molecule has 3 heteroatoms. The zero-order chi connectivity index (χ0) is 9.26. The fourth-order valence-electron chi connectivity index (χ4n) is 1.95. The Labute approximate surface area is 78.4 Å². The van der Waals surface area contributed by atoms with Crippen LogP contribution in [0, 0.1) is 0 Å². The van der Waals surface area contributed by atoms with Crippen molar-refractivity contribution in [2.24, 2.45) is 0 Å². The zero-order valence-electron chi connectivity index (χ0n) is 8.03. The third kappa shape index (κ3) is 1.61. The van der Waals surface area contributed by atoms with Gasteiger partial charge in [0.1, 0.15) is 0 Å². The summed E-state index contributed by atoms with van der Waals surface area (Å²) < 4.78 is 2.04. The largest absolute Gasteiger partial charge is 0.393 e. The molecule has 0 saturated heterocycles. The molecule has 1 aromatic rings. The van der Waals surface area contributed by atoms with Crippen molar-refractivity contribution >= 4 is 0 Å². The number of hydrogen-bond donors (Lipinski definition) is 1. The standard InChI is InChI=1S/C10H16N2O/c1-2-5-12-10-6-9(13)4-3-8(10)7-11-12/h7,9,13H,2-6H2,1H3. The molecule has 1 N–H and O–H groups in total. The lowest BCUT2D eigenvalue weighted by Crippen LogP contribution is -2.20. The third-order valence-corrected chi connectivity index (χ3v) is 2.65. The fourth-order valence-corrected chi connectivity index (χ4v) is 1.95. The number of aliphatic hydroxyl groups is 1. The van der Waals surface area contributed by atoms with Crippen molar-refractivity contribution in [2.45, 2.75) is 45.3 Å². The highest BCUT2D eigenvalue weighted by atomic mass is 16.3. The van der Waals surface area contributed by atoms with Crippen molar-refractivity contribution in [3.8, 4) is 0 Å². The van der Waals surface area contributed by atoms with Gasteiger partial charge in [0, 0.05) is 18.7 Å². The molecule has 1 heterocycles. The maximum Gasteiger partial charge on any atom is 0.0598 e. The first-order valence-electron chi connectivity index (χ1n) is 5.03. The van der Waals surface area contributed by atoms with Crippen LogP contribution in [0.2, 0.25) is 0 Å². The average molecular weight is 180 g/mol. The number of nitrogens with zero attached hydrogens (tertiary/aromatic N) is 2. The molecule has 0 fully saturated rings. The molecule has 0 aromatic carbocycles. The number of rotatable bonds is 2. The summed E-state index contributed by atoms with van der Waals surface area (Å²) in [6, 6.07) is 0. The number of aliphatic hydroxyl groups excluding tert-OH is 1. The molecule has 0 saturated carbocycles. The third-order valence-electron chi connectivity index (χ3n) is 2.65. The Morgan fingerprint density at radius 3 is 3.31 bits per heavy atom. The average Bonchev–Trinajstić information content (AvgIpc) is 2.49. The van der Waals surface area contributed by atoms with Gasteiger partial charge in [-0.1, -0.05) is 6.92 Å². The highest BCUT2D eigenvalue weighted by molar-refractivity contribution is 5.21. The van der Waals surface area contributed by atoms with Crippen LogP contribution >= 0.6 is 0 Å². The summed E-state index contributed by atoms with van der Waals surface area (Å²) in [7, 11) is 0. The van der Waals surface area contributed by atoms with Gasteiger partial charge in [0.15, 0.2) is 0 Å². The minimum Gasteiger partial charge on any atom is -0.393 e. The van der Waals surface area contributed by atoms with Crippen LogP contribution in [0.3, 0.4) is 0 Å². The molecule has 13 heavy (non-hydrogen) atoms. The maximum absolute atomic E-state index is 9.53. The van der Waals surface area contributed by atoms with E-state index in [1.54, 1.807) is 0 Å². The smallest absolute Gasteiger partial charge is 0.0598 e. The van der Waals surface area contributed by atoms with Crippen LogP contribution < -0.4 is 0 Å². The molecule has 1 aliphatic rings. The Morgan fingerprint density at radius 1 is 1.69 bits per heavy atom. The Hall–Kier alpha value is -0.830. The van der Waals surface area contributed by atoms with Gasteiger partial charge < -0.3 is 5.11 Å². The molecule has 1 aromatic heterocycles. The van der Waals surface area contributed by atoms with E-state index >= 15 is 0 Å². The summed E-state index contributed by atoms with van der Waals surface area (Å²) in [4.78, 5) is 0. The molecular formula is C10H16N2O. The molecule has 0 radical (unpaired) electrons. The number of aromatic nitrogens is 2. The molecule has 0 spiro atoms. The number of fused-ring (bicyclic) bond motifs is 1. The van der Waals surface area contributed by atoms with E-state index in [0.717, 1.165) is 32.2 Å². The van der Waals surface area contributed by atoms with Gasteiger partial charge in [-0.2, -0.15) is 5.10 Å². The molecule has 0 aliphatic heterocycles. The maximum atomic E-state index is 9.53. The summed E-state index contributed by atoms with van der Waals surface area (Å²) in [6.07, 6.45) is 5.57. The van der Waals surface area contributed by atoms with Crippen molar-refractivity contribution in [3.05, 3.63) is 17.5 Å². The van der Waals surface area contributed by atoms with Gasteiger partial charge in [-0.05, 0) is 24.8 Å². The first-order chi connectivity index (χ1) is 6.31. The number of aryl methyl sites for hydroxylation is 2. The molecule has 1 atom stereocenters. The first-order valence-corrected chi connectivity index (χ1v) is 5.03. The summed E-state index contributed by atoms with van der Waals surface area (Å²) in [5.74, 6) is 0. The molecule has 0 amide bonds. The van der Waals surface area contributed by atoms with E-state index in [4.69, 9.17) is 0 Å². The predicted molar refractivity (Wildman–Crippen MR) is 50.5 cm³/mol. The summed E-state index contributed by atoms with van der Waals surface area (Å²) in [5, 5.41) is 13.9. The molecule has 3 nitrogen and oxygen atoms in total. The summed E-state index contributed by atoms with van der Waals surface area (Å²) in [6.45, 7) is 3.12. The van der Waals surface area contributed by atoms with E-state index in [9.17, 15) is 5.11 Å². The van der Waals surface area contributed by atoms with Crippen LogP contribution in [0.15, 0.2) is 6.20 Å². The molecule has 1 unspecified atom stereocenters. The second-order valence-electron chi connectivity index (χ2n) is 3.74. The van der Waals surface area contributed by atoms with Gasteiger partial charge in [0.05, 0.1) is 12.3 Å². The van der Waals surface area contributed by atoms with Gasteiger partial charge >= 0.3 is 0 Å². The predicted octanol–water partition coefficient (Wildman–Crippen LogP) is 1.14. The van der Waals surface area contributed by atoms with Gasteiger partial charge in [0.25, 0.3) is 0 Å². The lowest BCUT2D eigenvalue weighted by atomic mass is 9.96. The molecule has 1 aliphatic carbocycles. The minimum absolute atomic E-state index is 0.153. The van der Waals surface area contributed by atoms with Crippen LogP contribution in [0.25, 0.3) is 0 Å². The van der Waals surface area contributed by atoms with Crippen molar-refractivity contribution in [1.29, 1.82) is 0 Å². The van der Waals surface area contributed by atoms with Crippen molar-refractivity contribution in [3.63, 3.8) is 0 Å². The van der Waals surface area contributed by atoms with E-state index in [1.807, 2.05) is 10.9 Å². The van der Waals surface area contributed by atoms with E-state index in [0.29, 0.717) is 0 Å². The Morgan fingerprint density at radius 2 is 2.54 bits per heavy atom. The lowest BCUT2D eigenvalue weighted by Gasteiger charge is -2.18. The van der Waals surface area contributed by atoms with Crippen LogP contribution in [0.4, 0.5) is 0 Å². The van der Waals surface area contributed by atoms with Crippen molar-refractivity contribution in [1.82, 2.24) is 9.78 Å². The summed E-state index contributed by atoms with van der Waals surface area (Å²) >= 11 is 0. The lowest BCUT2D eigenvalue weighted by molar-refractivity contribution is 0.155. The second-order valence-corrected chi connectivity index (χ2v) is 3.74. The molecule has 2 rings (SSSR count). The van der Waals surface area contributed by atoms with E-state index in [2.05, 4.69) is 12.0 Å². The first kappa shape index (κ1) is 8.75. The highest BCUT2D eigenvalue weighted by Gasteiger charge is 2.20. The van der Waals surface area contributed by atoms with Gasteiger partial charge in [-0.15, -0.1) is 0 Å². The monoisotopic (exact) mass is 180 g/mol. The minimum atomic E-state index is -0.153. The summed E-state index contributed by atoms with van der Waals surface area (Å²) in [5.41, 5.74) is 2.58. The highest BCUT2D eigenvalue weighted by Crippen LogP contribution is 2.21. The molecule has 0 bridgehead atoms. The quantitative estimate of drug-likeness (QED) is 0.741. The van der Waals surface area contributed by atoms with E-state index < -0.39 is 0 Å². The number of hydrogen-bond acceptors (Lipinski definition) is 2. The van der Waals surface area contributed by atoms with Gasteiger partial charge in [-0.3, -0.25) is 4.68 Å². The topological polar surface area (TPSA) is 38.0 Å². The Bertz CT molecular complexity index is 293. The Kier molecular flexibility index (Phi) is 2.36. The van der Waals surface area contributed by atoms with Crippen LogP contribution in [-0.2, 0) is 19.4 Å². The van der Waals surface area contributed by atoms with Gasteiger partial charge in [0.2, 0.25) is 0 Å². The Balaban J connectivity index is 2.25. The van der Waals surface area contributed by atoms with E-state index in [1.165, 1.54) is 11.3 Å². The van der Waals surface area contributed by atoms with Crippen molar-refractivity contribution in [2.75, 3.05) is 0 Å². The molecule has 72 valence electrons. The zero-order valence-corrected chi connectivity index (χ0v) is 8.03. The van der Waals surface area contributed by atoms with Gasteiger partial charge in [-0.25, -0.2) is 0 Å². The van der Waals surface area contributed by atoms with Crippen LogP contribution in [0.5, 0.6) is 0 Å². The SMILES string of the molecule is CCCn1ncc2c1CC(O)CC2. The van der Waals surface area contributed by atoms with Crippen LogP contribution in [0.1, 0.15) is 31.0 Å². The molecular weight excluding hydrogens is 164 g/mol. The van der Waals surface area contributed by atoms with Crippen LogP contribution in [-0.4, -0.2) is 21.0 Å². The van der Waals surface area contributed by atoms with Crippen molar-refractivity contribution < 1.29 is 5.11 Å². The second kappa shape index (κ2) is 3.50. The normalized spacial score (nSPS) is 21.5. The van der Waals surface area contributed by atoms with E-state index in [-0.39, 0.29) is 6.10 Å². The fraction of sp³-hybridized carbons (Fsp3) is 0.700.